The molecule has 0 bridgehead atoms. The predicted molar refractivity (Wildman–Crippen MR) is 76.4 cm³/mol. The van der Waals surface area contributed by atoms with Gasteiger partial charge < -0.3 is 10.1 Å². The van der Waals surface area contributed by atoms with Crippen molar-refractivity contribution < 1.29 is 4.74 Å². The average Bonchev–Trinajstić information content (AvgIpc) is 2.38. The summed E-state index contributed by atoms with van der Waals surface area (Å²) in [4.78, 5) is 0. The van der Waals surface area contributed by atoms with Gasteiger partial charge in [-0.2, -0.15) is 0 Å². The molecule has 0 radical (unpaired) electrons. The summed E-state index contributed by atoms with van der Waals surface area (Å²) < 4.78 is 6.03. The summed E-state index contributed by atoms with van der Waals surface area (Å²) in [5.41, 5.74) is 2.60. The maximum absolute atomic E-state index is 6.03. The zero-order valence-electron chi connectivity index (χ0n) is 11.8. The molecule has 0 amide bonds. The van der Waals surface area contributed by atoms with Crippen LogP contribution in [0.1, 0.15) is 43.7 Å². The lowest BCUT2D eigenvalue weighted by Gasteiger charge is -2.23. The summed E-state index contributed by atoms with van der Waals surface area (Å²) in [7, 11) is 0. The predicted octanol–water partition coefficient (Wildman–Crippen LogP) is 3.50. The summed E-state index contributed by atoms with van der Waals surface area (Å²) in [6, 6.07) is 6.58. The van der Waals surface area contributed by atoms with Gasteiger partial charge in [0, 0.05) is 12.5 Å². The minimum absolute atomic E-state index is 0.560. The minimum Gasteiger partial charge on any atom is -0.493 e. The van der Waals surface area contributed by atoms with E-state index in [1.54, 1.807) is 0 Å². The number of rotatable bonds is 4. The minimum atomic E-state index is 0.560. The summed E-state index contributed by atoms with van der Waals surface area (Å²) in [6.07, 6.45) is 2.56. The lowest BCUT2D eigenvalue weighted by Crippen LogP contribution is -2.33. The lowest BCUT2D eigenvalue weighted by atomic mass is 10.00. The molecule has 1 N–H and O–H groups in total. The number of ether oxygens (including phenoxy) is 1. The number of nitrogens with one attached hydrogen (secondary N) is 1. The summed E-state index contributed by atoms with van der Waals surface area (Å²) in [6.45, 7) is 9.67. The Morgan fingerprint density at radius 1 is 1.39 bits per heavy atom. The molecule has 0 spiro atoms. The van der Waals surface area contributed by atoms with Gasteiger partial charge in [0.15, 0.2) is 0 Å². The van der Waals surface area contributed by atoms with Crippen molar-refractivity contribution >= 4 is 0 Å². The van der Waals surface area contributed by atoms with Gasteiger partial charge in [-0.05, 0) is 49.4 Å². The maximum Gasteiger partial charge on any atom is 0.122 e. The zero-order chi connectivity index (χ0) is 13.0. The number of aryl methyl sites for hydroxylation is 1. The second-order valence-corrected chi connectivity index (χ2v) is 5.70. The molecule has 2 nitrogen and oxygen atoms in total. The third-order valence-electron chi connectivity index (χ3n) is 3.75. The molecule has 1 saturated heterocycles. The molecule has 0 unspecified atom stereocenters. The number of piperidine rings is 1. The monoisotopic (exact) mass is 247 g/mol. The summed E-state index contributed by atoms with van der Waals surface area (Å²) >= 11 is 0. The molecule has 0 saturated carbocycles. The van der Waals surface area contributed by atoms with Gasteiger partial charge in [0.25, 0.3) is 0 Å². The van der Waals surface area contributed by atoms with E-state index < -0.39 is 0 Å². The van der Waals surface area contributed by atoms with E-state index >= 15 is 0 Å². The molecule has 1 aliphatic heterocycles. The van der Waals surface area contributed by atoms with Gasteiger partial charge in [-0.15, -0.1) is 0 Å². The Morgan fingerprint density at radius 3 is 2.89 bits per heavy atom. The van der Waals surface area contributed by atoms with Crippen LogP contribution in [0.4, 0.5) is 0 Å². The molecule has 1 aromatic carbocycles. The first-order valence-corrected chi connectivity index (χ1v) is 7.11. The highest BCUT2D eigenvalue weighted by atomic mass is 16.5. The first-order valence-electron chi connectivity index (χ1n) is 7.11. The molecule has 1 heterocycles. The van der Waals surface area contributed by atoms with Gasteiger partial charge in [0.2, 0.25) is 0 Å². The second kappa shape index (κ2) is 6.24. The Labute approximate surface area is 111 Å². The second-order valence-electron chi connectivity index (χ2n) is 5.70. The topological polar surface area (TPSA) is 21.3 Å². The highest BCUT2D eigenvalue weighted by Gasteiger charge is 2.14. The van der Waals surface area contributed by atoms with Crippen LogP contribution in [0.3, 0.4) is 0 Å². The van der Waals surface area contributed by atoms with Crippen LogP contribution in [-0.2, 0) is 0 Å². The largest absolute Gasteiger partial charge is 0.493 e. The van der Waals surface area contributed by atoms with Crippen LogP contribution in [0.2, 0.25) is 0 Å². The molecule has 1 fully saturated rings. The molecule has 1 aliphatic rings. The fourth-order valence-electron chi connectivity index (χ4n) is 2.41. The third kappa shape index (κ3) is 3.49. The molecule has 1 aromatic rings. The van der Waals surface area contributed by atoms with E-state index in [0.717, 1.165) is 18.9 Å². The van der Waals surface area contributed by atoms with Crippen molar-refractivity contribution in [2.75, 3.05) is 19.7 Å². The number of hydrogen-bond donors (Lipinski definition) is 1. The van der Waals surface area contributed by atoms with E-state index in [-0.39, 0.29) is 0 Å². The fraction of sp³-hybridized carbons (Fsp3) is 0.625. The van der Waals surface area contributed by atoms with Gasteiger partial charge in [-0.1, -0.05) is 26.0 Å². The first-order chi connectivity index (χ1) is 8.66. The Bertz CT molecular complexity index is 381. The van der Waals surface area contributed by atoms with Crippen LogP contribution in [-0.4, -0.2) is 19.7 Å². The van der Waals surface area contributed by atoms with Crippen LogP contribution in [0.5, 0.6) is 5.75 Å². The van der Waals surface area contributed by atoms with Crippen LogP contribution in [0, 0.1) is 12.8 Å². The SMILES string of the molecule is Cc1ccc(C(C)C)cc1OC[C@H]1CCCNC1. The average molecular weight is 247 g/mol. The van der Waals surface area contributed by atoms with Crippen LogP contribution >= 0.6 is 0 Å². The Morgan fingerprint density at radius 2 is 2.22 bits per heavy atom. The Kier molecular flexibility index (Phi) is 4.65. The van der Waals surface area contributed by atoms with Crippen molar-refractivity contribution in [1.29, 1.82) is 0 Å². The maximum atomic E-state index is 6.03. The van der Waals surface area contributed by atoms with Crippen LogP contribution < -0.4 is 10.1 Å². The van der Waals surface area contributed by atoms with E-state index in [9.17, 15) is 0 Å². The normalized spacial score (nSPS) is 20.1. The van der Waals surface area contributed by atoms with Crippen molar-refractivity contribution in [3.8, 4) is 5.75 Å². The van der Waals surface area contributed by atoms with E-state index in [2.05, 4.69) is 44.3 Å². The molecule has 18 heavy (non-hydrogen) atoms. The van der Waals surface area contributed by atoms with E-state index in [0.29, 0.717) is 11.8 Å². The van der Waals surface area contributed by atoms with Crippen molar-refractivity contribution in [3.63, 3.8) is 0 Å². The molecule has 0 aliphatic carbocycles. The molecular formula is C16H25NO. The highest BCUT2D eigenvalue weighted by molar-refractivity contribution is 5.37. The molecule has 1 atom stereocenters. The van der Waals surface area contributed by atoms with Gasteiger partial charge in [-0.3, -0.25) is 0 Å². The number of hydrogen-bond acceptors (Lipinski definition) is 2. The van der Waals surface area contributed by atoms with Crippen molar-refractivity contribution in [2.45, 2.75) is 39.5 Å². The number of benzene rings is 1. The molecule has 0 aromatic heterocycles. The molecule has 2 heteroatoms. The summed E-state index contributed by atoms with van der Waals surface area (Å²) in [5, 5.41) is 3.44. The van der Waals surface area contributed by atoms with Gasteiger partial charge in [0.05, 0.1) is 6.61 Å². The van der Waals surface area contributed by atoms with E-state index in [4.69, 9.17) is 4.74 Å². The smallest absolute Gasteiger partial charge is 0.122 e. The highest BCUT2D eigenvalue weighted by Crippen LogP contribution is 2.25. The Hall–Kier alpha value is -1.02. The first kappa shape index (κ1) is 13.4. The molecule has 100 valence electrons. The summed E-state index contributed by atoms with van der Waals surface area (Å²) in [5.74, 6) is 2.29. The fourth-order valence-corrected chi connectivity index (χ4v) is 2.41. The third-order valence-corrected chi connectivity index (χ3v) is 3.75. The van der Waals surface area contributed by atoms with Crippen molar-refractivity contribution in [2.24, 2.45) is 5.92 Å². The van der Waals surface area contributed by atoms with Gasteiger partial charge in [0.1, 0.15) is 5.75 Å². The zero-order valence-corrected chi connectivity index (χ0v) is 11.8. The standard InChI is InChI=1S/C16H25NO/c1-12(2)15-7-6-13(3)16(9-15)18-11-14-5-4-8-17-10-14/h6-7,9,12,14,17H,4-5,8,10-11H2,1-3H3/t14-/m0/s1. The van der Waals surface area contributed by atoms with E-state index in [1.807, 2.05) is 0 Å². The van der Waals surface area contributed by atoms with Gasteiger partial charge >= 0.3 is 0 Å². The van der Waals surface area contributed by atoms with Crippen molar-refractivity contribution in [3.05, 3.63) is 29.3 Å². The molecule has 2 rings (SSSR count). The lowest BCUT2D eigenvalue weighted by molar-refractivity contribution is 0.217. The van der Waals surface area contributed by atoms with Gasteiger partial charge in [-0.25, -0.2) is 0 Å². The van der Waals surface area contributed by atoms with E-state index in [1.165, 1.54) is 30.5 Å². The quantitative estimate of drug-likeness (QED) is 0.879. The molecular weight excluding hydrogens is 222 g/mol. The van der Waals surface area contributed by atoms with Crippen molar-refractivity contribution in [1.82, 2.24) is 5.32 Å². The van der Waals surface area contributed by atoms with Crippen LogP contribution in [0.15, 0.2) is 18.2 Å². The Balaban J connectivity index is 1.97. The van der Waals surface area contributed by atoms with Crippen LogP contribution in [0.25, 0.3) is 0 Å².